The number of rotatable bonds is 15. The van der Waals surface area contributed by atoms with Crippen molar-refractivity contribution in [2.45, 2.75) is 93.2 Å². The summed E-state index contributed by atoms with van der Waals surface area (Å²) in [5, 5.41) is 9.66. The fourth-order valence-electron chi connectivity index (χ4n) is 5.77. The maximum absolute atomic E-state index is 13.1. The first-order chi connectivity index (χ1) is 27.8. The first kappa shape index (κ1) is 48.2. The molecule has 0 saturated heterocycles. The largest absolute Gasteiger partial charge is 0.453 e. The fourth-order valence-corrected chi connectivity index (χ4v) is 5.77. The summed E-state index contributed by atoms with van der Waals surface area (Å²) in [6.45, 7) is 16.4. The van der Waals surface area contributed by atoms with Gasteiger partial charge in [-0.15, -0.1) is 0 Å². The number of methoxy groups -OCH3 is 2. The van der Waals surface area contributed by atoms with E-state index < -0.39 is 18.2 Å². The minimum absolute atomic E-state index is 0.168. The van der Waals surface area contributed by atoms with E-state index in [1.54, 1.807) is 18.0 Å². The molecule has 5 amide bonds. The maximum Gasteiger partial charge on any atom is 0.407 e. The summed E-state index contributed by atoms with van der Waals surface area (Å²) in [5.74, 6) is -0.316. The number of alkyl carbamates (subject to hydrolysis) is 2. The quantitative estimate of drug-likeness (QED) is 0.0929. The van der Waals surface area contributed by atoms with Gasteiger partial charge in [-0.05, 0) is 72.4 Å². The van der Waals surface area contributed by atoms with Gasteiger partial charge in [-0.2, -0.15) is 0 Å². The monoisotopic (exact) mass is 801 g/mol. The predicted octanol–water partition coefficient (Wildman–Crippen LogP) is 8.31. The highest BCUT2D eigenvalue weighted by Gasteiger charge is 2.26. The summed E-state index contributed by atoms with van der Waals surface area (Å²) >= 11 is 0. The van der Waals surface area contributed by atoms with E-state index in [4.69, 9.17) is 0 Å². The van der Waals surface area contributed by atoms with E-state index in [2.05, 4.69) is 69.2 Å². The molecule has 14 heteroatoms. The lowest BCUT2D eigenvalue weighted by Gasteiger charge is -2.28. The van der Waals surface area contributed by atoms with Gasteiger partial charge in [-0.1, -0.05) is 96.8 Å². The average Bonchev–Trinajstić information content (AvgIpc) is 3.73. The molecule has 4 rings (SSSR count). The summed E-state index contributed by atoms with van der Waals surface area (Å²) in [5.41, 5.74) is 4.39. The standard InChI is InChI=1S/C38H47N7O7.2C3H8/c1-7-17-44(33(46)22-40-37(49)51-5)24(3)35-39-21-32(43-35)27-11-9-26(10-12-27)28-13-14-30-20-31(16-15-29(30)19-28)42-36(48)25(4)45(18-8-2)34(47)23-41-38(50)52-6;2*1-3-2/h9-16,19-21,24-25H,7-8,17-18,22-23H2,1-6H3,(H,39,43)(H,40,49)(H,41,50)(H,42,48);2*3H2,1-2H3. The van der Waals surface area contributed by atoms with E-state index in [-0.39, 0.29) is 36.9 Å². The molecule has 0 aliphatic carbocycles. The molecule has 1 heterocycles. The number of imidazole rings is 1. The number of carbonyl (C=O) groups excluding carboxylic acids is 5. The van der Waals surface area contributed by atoms with Gasteiger partial charge in [0.25, 0.3) is 0 Å². The van der Waals surface area contributed by atoms with E-state index >= 15 is 0 Å². The van der Waals surface area contributed by atoms with Crippen LogP contribution < -0.4 is 16.0 Å². The number of fused-ring (bicyclic) bond motifs is 1. The number of aromatic nitrogens is 2. The lowest BCUT2D eigenvalue weighted by Crippen LogP contribution is -2.49. The van der Waals surface area contributed by atoms with Crippen LogP contribution in [0.4, 0.5) is 15.3 Å². The second-order valence-electron chi connectivity index (χ2n) is 13.7. The van der Waals surface area contributed by atoms with Crippen LogP contribution in [0.2, 0.25) is 0 Å². The van der Waals surface area contributed by atoms with Crippen molar-refractivity contribution in [3.63, 3.8) is 0 Å². The lowest BCUT2D eigenvalue weighted by molar-refractivity contribution is -0.137. The van der Waals surface area contributed by atoms with Crippen LogP contribution in [0.5, 0.6) is 0 Å². The molecule has 4 N–H and O–H groups in total. The number of hydrogen-bond donors (Lipinski definition) is 4. The second kappa shape index (κ2) is 25.4. The number of hydrogen-bond acceptors (Lipinski definition) is 8. The summed E-state index contributed by atoms with van der Waals surface area (Å²) in [7, 11) is 2.47. The highest BCUT2D eigenvalue weighted by molar-refractivity contribution is 5.99. The highest BCUT2D eigenvalue weighted by Crippen LogP contribution is 2.29. The van der Waals surface area contributed by atoms with Crippen LogP contribution in [0, 0.1) is 0 Å². The number of nitrogens with zero attached hydrogens (tertiary/aromatic N) is 3. The van der Waals surface area contributed by atoms with Gasteiger partial charge in [0.15, 0.2) is 0 Å². The van der Waals surface area contributed by atoms with Crippen LogP contribution in [-0.4, -0.2) is 96.1 Å². The highest BCUT2D eigenvalue weighted by atomic mass is 16.5. The number of H-pyrrole nitrogens is 1. The molecule has 0 fully saturated rings. The Morgan fingerprint density at radius 1 is 0.672 bits per heavy atom. The third-order valence-electron chi connectivity index (χ3n) is 8.65. The molecule has 0 radical (unpaired) electrons. The number of ether oxygens (including phenoxy) is 2. The molecule has 3 aromatic carbocycles. The SMILES string of the molecule is CCC.CCC.CCCN(C(=O)CNC(=O)OC)C(C)C(=O)Nc1ccc2cc(-c3ccc(-c4cnc(C(C)N(CCC)C(=O)CNC(=O)OC)[nH]4)cc3)ccc2c1. The third kappa shape index (κ3) is 14.5. The molecule has 316 valence electrons. The Morgan fingerprint density at radius 3 is 1.71 bits per heavy atom. The fraction of sp³-hybridized carbons (Fsp3) is 0.455. The van der Waals surface area contributed by atoms with E-state index in [1.165, 1.54) is 32.0 Å². The van der Waals surface area contributed by atoms with E-state index in [0.717, 1.165) is 39.6 Å². The van der Waals surface area contributed by atoms with Crippen molar-refractivity contribution < 1.29 is 33.4 Å². The Balaban J connectivity index is 0.00000182. The van der Waals surface area contributed by atoms with Crippen LogP contribution in [0.3, 0.4) is 0 Å². The molecule has 0 saturated carbocycles. The van der Waals surface area contributed by atoms with Gasteiger partial charge in [0.05, 0.1) is 32.2 Å². The zero-order valence-electron chi connectivity index (χ0n) is 35.9. The van der Waals surface area contributed by atoms with Crippen LogP contribution in [0.25, 0.3) is 33.2 Å². The van der Waals surface area contributed by atoms with Gasteiger partial charge in [0, 0.05) is 18.8 Å². The molecule has 14 nitrogen and oxygen atoms in total. The summed E-state index contributed by atoms with van der Waals surface area (Å²) < 4.78 is 9.10. The Kier molecular flexibility index (Phi) is 21.1. The zero-order chi connectivity index (χ0) is 43.2. The van der Waals surface area contributed by atoms with Crippen molar-refractivity contribution in [3.8, 4) is 22.4 Å². The molecule has 0 aliphatic heterocycles. The molecular weight excluding hydrogens is 739 g/mol. The van der Waals surface area contributed by atoms with Crippen LogP contribution in [0.15, 0.2) is 66.9 Å². The predicted molar refractivity (Wildman–Crippen MR) is 230 cm³/mol. The van der Waals surface area contributed by atoms with Crippen LogP contribution in [-0.2, 0) is 23.9 Å². The van der Waals surface area contributed by atoms with Gasteiger partial charge in [-0.3, -0.25) is 14.4 Å². The average molecular weight is 802 g/mol. The van der Waals surface area contributed by atoms with Gasteiger partial charge in [-0.25, -0.2) is 14.6 Å². The van der Waals surface area contributed by atoms with Crippen molar-refractivity contribution in [2.24, 2.45) is 0 Å². The van der Waals surface area contributed by atoms with Gasteiger partial charge >= 0.3 is 12.2 Å². The van der Waals surface area contributed by atoms with Crippen molar-refractivity contribution in [2.75, 3.05) is 45.7 Å². The van der Waals surface area contributed by atoms with Crippen molar-refractivity contribution >= 4 is 46.4 Å². The molecule has 2 unspecified atom stereocenters. The number of anilines is 1. The van der Waals surface area contributed by atoms with Crippen LogP contribution in [0.1, 0.15) is 92.9 Å². The number of carbonyl (C=O) groups is 5. The lowest BCUT2D eigenvalue weighted by atomic mass is 9.99. The smallest absolute Gasteiger partial charge is 0.407 e. The van der Waals surface area contributed by atoms with Crippen LogP contribution >= 0.6 is 0 Å². The minimum atomic E-state index is -0.758. The molecule has 0 aliphatic rings. The maximum atomic E-state index is 13.1. The van der Waals surface area contributed by atoms with E-state index in [1.807, 2.05) is 75.4 Å². The number of aromatic amines is 1. The summed E-state index contributed by atoms with van der Waals surface area (Å²) in [6, 6.07) is 18.7. The zero-order valence-corrected chi connectivity index (χ0v) is 35.9. The molecule has 0 spiro atoms. The molecule has 58 heavy (non-hydrogen) atoms. The summed E-state index contributed by atoms with van der Waals surface area (Å²) in [4.78, 5) is 72.7. The molecule has 0 bridgehead atoms. The van der Waals surface area contributed by atoms with Gasteiger partial charge < -0.3 is 40.2 Å². The van der Waals surface area contributed by atoms with Crippen molar-refractivity contribution in [3.05, 3.63) is 72.7 Å². The molecule has 4 aromatic rings. The van der Waals surface area contributed by atoms with E-state index in [9.17, 15) is 24.0 Å². The van der Waals surface area contributed by atoms with Gasteiger partial charge in [0.2, 0.25) is 17.7 Å². The van der Waals surface area contributed by atoms with Gasteiger partial charge in [0.1, 0.15) is 25.0 Å². The third-order valence-corrected chi connectivity index (χ3v) is 8.65. The number of benzene rings is 3. The summed E-state index contributed by atoms with van der Waals surface area (Å²) in [6.07, 6.45) is 4.26. The number of amides is 5. The van der Waals surface area contributed by atoms with Crippen molar-refractivity contribution in [1.82, 2.24) is 30.4 Å². The second-order valence-corrected chi connectivity index (χ2v) is 13.7. The van der Waals surface area contributed by atoms with E-state index in [0.29, 0.717) is 31.0 Å². The minimum Gasteiger partial charge on any atom is -0.453 e. The Bertz CT molecular complexity index is 1910. The molecule has 2 atom stereocenters. The molecular formula is C44H63N7O7. The van der Waals surface area contributed by atoms with Crippen molar-refractivity contribution in [1.29, 1.82) is 0 Å². The number of nitrogens with one attached hydrogen (secondary N) is 4. The first-order valence-electron chi connectivity index (χ1n) is 20.0. The first-order valence-corrected chi connectivity index (χ1v) is 20.0. The molecule has 1 aromatic heterocycles. The Labute approximate surface area is 343 Å². The Morgan fingerprint density at radius 2 is 1.16 bits per heavy atom. The topological polar surface area (TPSA) is 175 Å². The normalized spacial score (nSPS) is 11.3. The Hall–Kier alpha value is -5.92.